The Kier molecular flexibility index (Phi) is 2.45. The summed E-state index contributed by atoms with van der Waals surface area (Å²) in [6.45, 7) is 0. The molecule has 1 heterocycles. The Labute approximate surface area is 107 Å². The molecule has 0 unspecified atom stereocenters. The Balaban J connectivity index is 2.22. The number of rotatable bonds is 1. The maximum Gasteiger partial charge on any atom is 0.146 e. The average molecular weight is 262 g/mol. The fourth-order valence-electron chi connectivity index (χ4n) is 1.85. The van der Waals surface area contributed by atoms with Crippen LogP contribution in [0, 0.1) is 5.82 Å². The summed E-state index contributed by atoms with van der Waals surface area (Å²) in [4.78, 5) is 7.44. The van der Waals surface area contributed by atoms with Crippen LogP contribution in [0.3, 0.4) is 0 Å². The zero-order valence-electron chi connectivity index (χ0n) is 9.24. The highest BCUT2D eigenvalue weighted by Gasteiger charge is 2.11. The van der Waals surface area contributed by atoms with Crippen molar-refractivity contribution < 1.29 is 4.39 Å². The van der Waals surface area contributed by atoms with Gasteiger partial charge in [0.1, 0.15) is 11.6 Å². The van der Waals surface area contributed by atoms with Crippen molar-refractivity contribution in [1.29, 1.82) is 0 Å². The molecule has 0 aliphatic carbocycles. The van der Waals surface area contributed by atoms with Crippen molar-refractivity contribution in [1.82, 2.24) is 9.97 Å². The third kappa shape index (κ3) is 1.71. The third-order valence-corrected chi connectivity index (χ3v) is 2.99. The molecular weight excluding hydrogens is 253 g/mol. The van der Waals surface area contributed by atoms with E-state index in [1.165, 1.54) is 6.07 Å². The monoisotopic (exact) mass is 261 g/mol. The first-order chi connectivity index (χ1) is 8.65. The summed E-state index contributed by atoms with van der Waals surface area (Å²) in [6, 6.07) is 9.96. The molecule has 3 N–H and O–H groups in total. The number of anilines is 1. The van der Waals surface area contributed by atoms with Gasteiger partial charge in [-0.1, -0.05) is 17.7 Å². The van der Waals surface area contributed by atoms with E-state index in [1.54, 1.807) is 30.3 Å². The molecule has 2 aromatic carbocycles. The van der Waals surface area contributed by atoms with Crippen LogP contribution in [-0.4, -0.2) is 9.97 Å². The van der Waals surface area contributed by atoms with Gasteiger partial charge in [0.15, 0.2) is 0 Å². The van der Waals surface area contributed by atoms with Gasteiger partial charge < -0.3 is 10.7 Å². The van der Waals surface area contributed by atoms with E-state index in [0.717, 1.165) is 11.0 Å². The topological polar surface area (TPSA) is 54.7 Å². The van der Waals surface area contributed by atoms with E-state index in [1.807, 2.05) is 0 Å². The molecule has 90 valence electrons. The Bertz CT molecular complexity index is 736. The van der Waals surface area contributed by atoms with Gasteiger partial charge in [0.25, 0.3) is 0 Å². The van der Waals surface area contributed by atoms with Crippen LogP contribution in [-0.2, 0) is 0 Å². The minimum atomic E-state index is -0.453. The lowest BCUT2D eigenvalue weighted by Crippen LogP contribution is -1.94. The smallest absolute Gasteiger partial charge is 0.146 e. The molecule has 0 aliphatic rings. The SMILES string of the molecule is Nc1c(F)cccc1-c1nc2ccc(Cl)cc2[nH]1. The van der Waals surface area contributed by atoms with Crippen LogP contribution in [0.15, 0.2) is 36.4 Å². The zero-order valence-corrected chi connectivity index (χ0v) is 10.0. The fraction of sp³-hybridized carbons (Fsp3) is 0. The highest BCUT2D eigenvalue weighted by atomic mass is 35.5. The number of benzene rings is 2. The number of nitrogens with zero attached hydrogens (tertiary/aromatic N) is 1. The molecule has 0 fully saturated rings. The van der Waals surface area contributed by atoms with Crippen molar-refractivity contribution in [3.05, 3.63) is 47.2 Å². The molecule has 3 nitrogen and oxygen atoms in total. The molecule has 0 bridgehead atoms. The lowest BCUT2D eigenvalue weighted by Gasteiger charge is -2.02. The number of H-pyrrole nitrogens is 1. The Hall–Kier alpha value is -2.07. The van der Waals surface area contributed by atoms with E-state index < -0.39 is 5.82 Å². The van der Waals surface area contributed by atoms with Crippen molar-refractivity contribution in [2.45, 2.75) is 0 Å². The second-order valence-corrected chi connectivity index (χ2v) is 4.38. The highest BCUT2D eigenvalue weighted by molar-refractivity contribution is 6.31. The molecule has 0 saturated carbocycles. The number of hydrogen-bond acceptors (Lipinski definition) is 2. The number of nitrogens with two attached hydrogens (primary N) is 1. The molecule has 0 atom stereocenters. The molecule has 3 rings (SSSR count). The standard InChI is InChI=1S/C13H9ClFN3/c14-7-4-5-10-11(6-7)18-13(17-10)8-2-1-3-9(15)12(8)16/h1-6H,16H2,(H,17,18). The molecule has 0 amide bonds. The van der Waals surface area contributed by atoms with Crippen LogP contribution in [0.25, 0.3) is 22.4 Å². The van der Waals surface area contributed by atoms with Gasteiger partial charge in [0.05, 0.1) is 16.7 Å². The zero-order chi connectivity index (χ0) is 12.7. The lowest BCUT2D eigenvalue weighted by molar-refractivity contribution is 0.633. The summed E-state index contributed by atoms with van der Waals surface area (Å²) in [6.07, 6.45) is 0. The number of aromatic nitrogens is 2. The molecule has 0 aliphatic heterocycles. The summed E-state index contributed by atoms with van der Waals surface area (Å²) in [5.74, 6) is 0.0789. The molecule has 1 aromatic heterocycles. The van der Waals surface area contributed by atoms with Crippen molar-refractivity contribution in [2.24, 2.45) is 0 Å². The van der Waals surface area contributed by atoms with Crippen molar-refractivity contribution in [3.8, 4) is 11.4 Å². The van der Waals surface area contributed by atoms with Gasteiger partial charge >= 0.3 is 0 Å². The van der Waals surface area contributed by atoms with E-state index in [2.05, 4.69) is 9.97 Å². The Morgan fingerprint density at radius 3 is 2.89 bits per heavy atom. The largest absolute Gasteiger partial charge is 0.396 e. The Morgan fingerprint density at radius 1 is 1.22 bits per heavy atom. The van der Waals surface area contributed by atoms with Crippen molar-refractivity contribution in [2.75, 3.05) is 5.73 Å². The van der Waals surface area contributed by atoms with Crippen LogP contribution in [0.1, 0.15) is 0 Å². The lowest BCUT2D eigenvalue weighted by atomic mass is 10.1. The summed E-state index contributed by atoms with van der Waals surface area (Å²) in [5.41, 5.74) is 7.89. The first-order valence-electron chi connectivity index (χ1n) is 5.35. The summed E-state index contributed by atoms with van der Waals surface area (Å²) in [7, 11) is 0. The van der Waals surface area contributed by atoms with Gasteiger partial charge in [0.2, 0.25) is 0 Å². The maximum absolute atomic E-state index is 13.4. The predicted octanol–water partition coefficient (Wildman–Crippen LogP) is 3.60. The summed E-state index contributed by atoms with van der Waals surface area (Å²) < 4.78 is 13.4. The number of halogens is 2. The Morgan fingerprint density at radius 2 is 2.06 bits per heavy atom. The van der Waals surface area contributed by atoms with Crippen LogP contribution in [0.4, 0.5) is 10.1 Å². The maximum atomic E-state index is 13.4. The minimum absolute atomic E-state index is 0.0858. The average Bonchev–Trinajstić information content (AvgIpc) is 2.75. The van der Waals surface area contributed by atoms with Crippen LogP contribution in [0.2, 0.25) is 5.02 Å². The number of nitrogens with one attached hydrogen (secondary N) is 1. The number of para-hydroxylation sites is 1. The molecule has 3 aromatic rings. The first-order valence-corrected chi connectivity index (χ1v) is 5.72. The normalized spacial score (nSPS) is 11.0. The molecule has 0 saturated heterocycles. The number of fused-ring (bicyclic) bond motifs is 1. The minimum Gasteiger partial charge on any atom is -0.396 e. The van der Waals surface area contributed by atoms with Crippen LogP contribution >= 0.6 is 11.6 Å². The number of nitrogen functional groups attached to an aromatic ring is 1. The molecule has 0 radical (unpaired) electrons. The first kappa shape index (κ1) is 11.0. The number of imidazole rings is 1. The van der Waals surface area contributed by atoms with Crippen LogP contribution < -0.4 is 5.73 Å². The van der Waals surface area contributed by atoms with Gasteiger partial charge in [-0.15, -0.1) is 0 Å². The number of aromatic amines is 1. The van der Waals surface area contributed by atoms with Crippen LogP contribution in [0.5, 0.6) is 0 Å². The molecular formula is C13H9ClFN3. The second kappa shape index (κ2) is 3.99. The molecule has 18 heavy (non-hydrogen) atoms. The van der Waals surface area contributed by atoms with E-state index in [4.69, 9.17) is 17.3 Å². The van der Waals surface area contributed by atoms with Gasteiger partial charge in [-0.3, -0.25) is 0 Å². The molecule has 0 spiro atoms. The fourth-order valence-corrected chi connectivity index (χ4v) is 2.03. The van der Waals surface area contributed by atoms with Crippen molar-refractivity contribution in [3.63, 3.8) is 0 Å². The predicted molar refractivity (Wildman–Crippen MR) is 70.9 cm³/mol. The van der Waals surface area contributed by atoms with Gasteiger partial charge in [-0.25, -0.2) is 9.37 Å². The van der Waals surface area contributed by atoms with E-state index in [9.17, 15) is 4.39 Å². The quantitative estimate of drug-likeness (QED) is 0.658. The van der Waals surface area contributed by atoms with Crippen molar-refractivity contribution >= 4 is 28.3 Å². The highest BCUT2D eigenvalue weighted by Crippen LogP contribution is 2.28. The van der Waals surface area contributed by atoms with Gasteiger partial charge in [-0.05, 0) is 30.3 Å². The van der Waals surface area contributed by atoms with E-state index in [0.29, 0.717) is 16.4 Å². The van der Waals surface area contributed by atoms with E-state index >= 15 is 0 Å². The second-order valence-electron chi connectivity index (χ2n) is 3.95. The van der Waals surface area contributed by atoms with E-state index in [-0.39, 0.29) is 5.69 Å². The number of hydrogen-bond donors (Lipinski definition) is 2. The van der Waals surface area contributed by atoms with Gasteiger partial charge in [-0.2, -0.15) is 0 Å². The third-order valence-electron chi connectivity index (χ3n) is 2.75. The summed E-state index contributed by atoms with van der Waals surface area (Å²) in [5, 5.41) is 0.616. The summed E-state index contributed by atoms with van der Waals surface area (Å²) >= 11 is 5.90. The van der Waals surface area contributed by atoms with Gasteiger partial charge in [0, 0.05) is 10.6 Å². The molecule has 5 heteroatoms.